The van der Waals surface area contributed by atoms with E-state index in [9.17, 15) is 9.59 Å². The van der Waals surface area contributed by atoms with Crippen LogP contribution in [0.25, 0.3) is 0 Å². The number of carbonyl (C=O) groups is 2. The van der Waals surface area contributed by atoms with Gasteiger partial charge >= 0.3 is 6.09 Å². The number of hydrogen-bond acceptors (Lipinski definition) is 7. The molecule has 3 rings (SSSR count). The molecule has 0 bridgehead atoms. The standard InChI is InChI=1S/C25H28Cl2N6O3/c1-4-33(5-2)14-13-28-23(34)17-7-6-8-19(15-17)30-24-29-12-11-22(31-24)32(3)25(35)36-21-16-18(26)9-10-20(21)27/h6-12,15-16H,4-5,13-14H2,1-3H3,(H,28,34)(H,29,30,31). The van der Waals surface area contributed by atoms with Gasteiger partial charge in [0.15, 0.2) is 5.75 Å². The van der Waals surface area contributed by atoms with Crippen LogP contribution in [0.5, 0.6) is 5.75 Å². The second-order valence-corrected chi connectivity index (χ2v) is 8.57. The number of nitrogens with one attached hydrogen (secondary N) is 2. The molecule has 0 saturated carbocycles. The number of carbonyl (C=O) groups excluding carboxylic acids is 2. The van der Waals surface area contributed by atoms with Gasteiger partial charge < -0.3 is 20.3 Å². The maximum atomic E-state index is 12.6. The summed E-state index contributed by atoms with van der Waals surface area (Å²) < 4.78 is 5.35. The molecule has 1 aromatic heterocycles. The van der Waals surface area contributed by atoms with E-state index >= 15 is 0 Å². The van der Waals surface area contributed by atoms with E-state index in [1.165, 1.54) is 24.2 Å². The number of ether oxygens (including phenoxy) is 1. The van der Waals surface area contributed by atoms with Crippen molar-refractivity contribution in [1.82, 2.24) is 20.2 Å². The fourth-order valence-corrected chi connectivity index (χ4v) is 3.56. The number of rotatable bonds is 10. The van der Waals surface area contributed by atoms with Crippen LogP contribution in [0.2, 0.25) is 10.0 Å². The van der Waals surface area contributed by atoms with Gasteiger partial charge in [-0.2, -0.15) is 4.98 Å². The Morgan fingerprint density at radius 1 is 1.06 bits per heavy atom. The van der Waals surface area contributed by atoms with Gasteiger partial charge in [0.05, 0.1) is 5.02 Å². The highest BCUT2D eigenvalue weighted by molar-refractivity contribution is 6.34. The summed E-state index contributed by atoms with van der Waals surface area (Å²) in [7, 11) is 1.51. The van der Waals surface area contributed by atoms with E-state index in [1.54, 1.807) is 42.5 Å². The average molecular weight is 531 g/mol. The summed E-state index contributed by atoms with van der Waals surface area (Å²) in [6, 6.07) is 13.2. The summed E-state index contributed by atoms with van der Waals surface area (Å²) in [4.78, 5) is 37.2. The van der Waals surface area contributed by atoms with E-state index in [4.69, 9.17) is 27.9 Å². The summed E-state index contributed by atoms with van der Waals surface area (Å²) in [6.45, 7) is 7.40. The third-order valence-corrected chi connectivity index (χ3v) is 5.89. The molecule has 9 nitrogen and oxygen atoms in total. The van der Waals surface area contributed by atoms with Crippen molar-refractivity contribution in [3.8, 4) is 5.75 Å². The van der Waals surface area contributed by atoms with Gasteiger partial charge in [-0.05, 0) is 49.5 Å². The topological polar surface area (TPSA) is 99.7 Å². The molecule has 190 valence electrons. The minimum Gasteiger partial charge on any atom is -0.408 e. The Hall–Kier alpha value is -3.40. The lowest BCUT2D eigenvalue weighted by Crippen LogP contribution is -2.34. The number of aromatic nitrogens is 2. The molecule has 0 aliphatic carbocycles. The van der Waals surface area contributed by atoms with E-state index in [2.05, 4.69) is 39.3 Å². The molecule has 11 heteroatoms. The zero-order valence-electron chi connectivity index (χ0n) is 20.3. The van der Waals surface area contributed by atoms with Crippen molar-refractivity contribution in [1.29, 1.82) is 0 Å². The maximum Gasteiger partial charge on any atom is 0.420 e. The van der Waals surface area contributed by atoms with Crippen LogP contribution < -0.4 is 20.3 Å². The van der Waals surface area contributed by atoms with Gasteiger partial charge in [-0.15, -0.1) is 0 Å². The molecule has 3 aromatic rings. The zero-order chi connectivity index (χ0) is 26.1. The van der Waals surface area contributed by atoms with E-state index in [0.717, 1.165) is 19.6 Å². The Balaban J connectivity index is 1.64. The highest BCUT2D eigenvalue weighted by Gasteiger charge is 2.17. The lowest BCUT2D eigenvalue weighted by atomic mass is 10.2. The molecule has 0 fully saturated rings. The van der Waals surface area contributed by atoms with E-state index in [1.807, 2.05) is 0 Å². The number of halogens is 2. The van der Waals surface area contributed by atoms with Crippen molar-refractivity contribution in [2.45, 2.75) is 13.8 Å². The first-order chi connectivity index (χ1) is 17.3. The SMILES string of the molecule is CCN(CC)CCNC(=O)c1cccc(Nc2nccc(N(C)C(=O)Oc3cc(Cl)ccc3Cl)n2)c1. The highest BCUT2D eigenvalue weighted by Crippen LogP contribution is 2.28. The number of nitrogens with zero attached hydrogens (tertiary/aromatic N) is 4. The third kappa shape index (κ3) is 7.55. The third-order valence-electron chi connectivity index (χ3n) is 5.34. The quantitative estimate of drug-likeness (QED) is 0.370. The predicted octanol–water partition coefficient (Wildman–Crippen LogP) is 5.23. The smallest absolute Gasteiger partial charge is 0.408 e. The van der Waals surface area contributed by atoms with Crippen LogP contribution in [0.4, 0.5) is 22.2 Å². The molecule has 0 aliphatic heterocycles. The first-order valence-electron chi connectivity index (χ1n) is 11.4. The Kier molecular flexibility index (Phi) is 9.86. The Labute approximate surface area is 220 Å². The molecular formula is C25H28Cl2N6O3. The summed E-state index contributed by atoms with van der Waals surface area (Å²) in [6.07, 6.45) is 0.803. The molecule has 0 atom stereocenters. The van der Waals surface area contributed by atoms with Crippen molar-refractivity contribution in [3.63, 3.8) is 0 Å². The zero-order valence-corrected chi connectivity index (χ0v) is 21.8. The molecule has 2 N–H and O–H groups in total. The molecule has 0 saturated heterocycles. The first kappa shape index (κ1) is 27.2. The molecule has 0 radical (unpaired) electrons. The number of likely N-dealkylation sites (N-methyl/N-ethyl adjacent to an activating group) is 1. The number of hydrogen-bond donors (Lipinski definition) is 2. The van der Waals surface area contributed by atoms with E-state index < -0.39 is 6.09 Å². The maximum absolute atomic E-state index is 12.6. The number of benzene rings is 2. The fraction of sp³-hybridized carbons (Fsp3) is 0.280. The molecule has 2 amide bonds. The van der Waals surface area contributed by atoms with Gasteiger partial charge in [0, 0.05) is 48.7 Å². The number of amides is 2. The molecule has 0 spiro atoms. The van der Waals surface area contributed by atoms with Crippen LogP contribution in [0.3, 0.4) is 0 Å². The number of anilines is 3. The summed E-state index contributed by atoms with van der Waals surface area (Å²) >= 11 is 12.0. The van der Waals surface area contributed by atoms with Crippen molar-refractivity contribution >= 4 is 52.7 Å². The first-order valence-corrected chi connectivity index (χ1v) is 12.2. The van der Waals surface area contributed by atoms with Gasteiger partial charge in [0.2, 0.25) is 5.95 Å². The van der Waals surface area contributed by atoms with Crippen molar-refractivity contribution in [3.05, 3.63) is 70.3 Å². The average Bonchev–Trinajstić information content (AvgIpc) is 2.88. The molecule has 1 heterocycles. The monoisotopic (exact) mass is 530 g/mol. The minimum absolute atomic E-state index is 0.139. The molecule has 36 heavy (non-hydrogen) atoms. The predicted molar refractivity (Wildman–Crippen MR) is 143 cm³/mol. The van der Waals surface area contributed by atoms with Crippen LogP contribution in [-0.4, -0.2) is 60.1 Å². The van der Waals surface area contributed by atoms with Crippen LogP contribution in [-0.2, 0) is 0 Å². The van der Waals surface area contributed by atoms with E-state index in [0.29, 0.717) is 28.6 Å². The van der Waals surface area contributed by atoms with Crippen LogP contribution in [0.1, 0.15) is 24.2 Å². The lowest BCUT2D eigenvalue weighted by Gasteiger charge is -2.18. The van der Waals surface area contributed by atoms with Crippen molar-refractivity contribution < 1.29 is 14.3 Å². The second-order valence-electron chi connectivity index (χ2n) is 7.73. The second kappa shape index (κ2) is 13.1. The molecule has 2 aromatic carbocycles. The van der Waals surface area contributed by atoms with Gasteiger partial charge in [-0.25, -0.2) is 9.78 Å². The fourth-order valence-electron chi connectivity index (χ4n) is 3.24. The summed E-state index contributed by atoms with van der Waals surface area (Å²) in [5.41, 5.74) is 1.13. The minimum atomic E-state index is -0.702. The van der Waals surface area contributed by atoms with Crippen LogP contribution >= 0.6 is 23.2 Å². The van der Waals surface area contributed by atoms with Crippen LogP contribution in [0, 0.1) is 0 Å². The Bertz CT molecular complexity index is 1210. The Morgan fingerprint density at radius 2 is 1.83 bits per heavy atom. The summed E-state index contributed by atoms with van der Waals surface area (Å²) in [5, 5.41) is 6.64. The highest BCUT2D eigenvalue weighted by atomic mass is 35.5. The van der Waals surface area contributed by atoms with Crippen molar-refractivity contribution in [2.75, 3.05) is 43.4 Å². The van der Waals surface area contributed by atoms with E-state index in [-0.39, 0.29) is 22.6 Å². The molecule has 0 unspecified atom stereocenters. The lowest BCUT2D eigenvalue weighted by molar-refractivity contribution is 0.0949. The Morgan fingerprint density at radius 3 is 2.58 bits per heavy atom. The van der Waals surface area contributed by atoms with Gasteiger partial charge in [-0.3, -0.25) is 9.69 Å². The van der Waals surface area contributed by atoms with Crippen molar-refractivity contribution in [2.24, 2.45) is 0 Å². The molecular weight excluding hydrogens is 503 g/mol. The largest absolute Gasteiger partial charge is 0.420 e. The van der Waals surface area contributed by atoms with Gasteiger partial charge in [-0.1, -0.05) is 43.1 Å². The van der Waals surface area contributed by atoms with Gasteiger partial charge in [0.25, 0.3) is 5.91 Å². The van der Waals surface area contributed by atoms with Crippen LogP contribution in [0.15, 0.2) is 54.7 Å². The molecule has 0 aliphatic rings. The normalized spacial score (nSPS) is 10.7. The summed E-state index contributed by atoms with van der Waals surface area (Å²) in [5.74, 6) is 0.510. The van der Waals surface area contributed by atoms with Gasteiger partial charge in [0.1, 0.15) is 5.82 Å².